The Hall–Kier alpha value is -1.61. The zero-order chi connectivity index (χ0) is 17.6. The highest BCUT2D eigenvalue weighted by Crippen LogP contribution is 2.23. The van der Waals surface area contributed by atoms with E-state index in [0.29, 0.717) is 18.9 Å². The van der Waals surface area contributed by atoms with E-state index in [1.165, 1.54) is 0 Å². The number of rotatable bonds is 8. The summed E-state index contributed by atoms with van der Waals surface area (Å²) < 4.78 is 65.5. The summed E-state index contributed by atoms with van der Waals surface area (Å²) in [5.41, 5.74) is -0.441. The van der Waals surface area contributed by atoms with Crippen LogP contribution in [-0.2, 0) is 14.8 Å². The Morgan fingerprint density at radius 3 is 2.43 bits per heavy atom. The van der Waals surface area contributed by atoms with Crippen molar-refractivity contribution in [3.63, 3.8) is 0 Å². The van der Waals surface area contributed by atoms with Gasteiger partial charge in [-0.1, -0.05) is 13.3 Å². The van der Waals surface area contributed by atoms with Crippen LogP contribution in [0.25, 0.3) is 0 Å². The number of carbonyl (C=O) groups is 1. The van der Waals surface area contributed by atoms with Crippen molar-refractivity contribution in [2.75, 3.05) is 23.7 Å². The Bertz CT molecular complexity index is 665. The predicted octanol–water partition coefficient (Wildman–Crippen LogP) is 2.18. The Morgan fingerprint density at radius 2 is 1.87 bits per heavy atom. The monoisotopic (exact) mass is 352 g/mol. The van der Waals surface area contributed by atoms with Crippen LogP contribution in [0, 0.1) is 17.5 Å². The third kappa shape index (κ3) is 5.51. The number of benzene rings is 1. The maximum absolute atomic E-state index is 13.8. The van der Waals surface area contributed by atoms with Crippen LogP contribution >= 0.6 is 0 Å². The zero-order valence-corrected chi connectivity index (χ0v) is 13.7. The van der Waals surface area contributed by atoms with E-state index < -0.39 is 39.1 Å². The number of hydrogen-bond acceptors (Lipinski definition) is 3. The molecule has 1 amide bonds. The summed E-state index contributed by atoms with van der Waals surface area (Å²) in [6.07, 6.45) is 1.20. The first kappa shape index (κ1) is 19.4. The van der Waals surface area contributed by atoms with E-state index in [0.717, 1.165) is 17.9 Å². The molecule has 5 nitrogen and oxygen atoms in total. The number of nitrogens with one attached hydrogen (secondary N) is 1. The molecular formula is C14H19F3N2O3S. The van der Waals surface area contributed by atoms with Gasteiger partial charge in [-0.3, -0.25) is 4.79 Å². The first-order valence-corrected chi connectivity index (χ1v) is 8.73. The molecule has 23 heavy (non-hydrogen) atoms. The van der Waals surface area contributed by atoms with Crippen LogP contribution in [0.1, 0.15) is 26.7 Å². The van der Waals surface area contributed by atoms with Crippen LogP contribution < -0.4 is 9.62 Å². The lowest BCUT2D eigenvalue weighted by Gasteiger charge is -2.22. The van der Waals surface area contributed by atoms with Gasteiger partial charge in [0.05, 0.1) is 11.4 Å². The van der Waals surface area contributed by atoms with Crippen molar-refractivity contribution in [2.45, 2.75) is 26.7 Å². The van der Waals surface area contributed by atoms with E-state index >= 15 is 0 Å². The van der Waals surface area contributed by atoms with Crippen LogP contribution in [0.4, 0.5) is 18.9 Å². The second-order valence-electron chi connectivity index (χ2n) is 4.93. The van der Waals surface area contributed by atoms with Crippen molar-refractivity contribution in [1.29, 1.82) is 0 Å². The first-order valence-electron chi connectivity index (χ1n) is 7.08. The topological polar surface area (TPSA) is 66.5 Å². The van der Waals surface area contributed by atoms with Crippen molar-refractivity contribution in [2.24, 2.45) is 0 Å². The molecule has 0 radical (unpaired) electrons. The number of unbranched alkanes of at least 4 members (excludes halogenated alkanes) is 1. The van der Waals surface area contributed by atoms with Crippen molar-refractivity contribution in [3.8, 4) is 0 Å². The van der Waals surface area contributed by atoms with Gasteiger partial charge in [-0.05, 0) is 18.6 Å². The van der Waals surface area contributed by atoms with Gasteiger partial charge in [0.15, 0.2) is 17.5 Å². The highest BCUT2D eigenvalue weighted by Gasteiger charge is 2.21. The number of sulfonamides is 1. The van der Waals surface area contributed by atoms with Crippen molar-refractivity contribution < 1.29 is 26.4 Å². The standard InChI is InChI=1S/C14H19F3N2O3S/c1-3-4-9-23(21,22)18-7-8-19(10(2)20)12-6-5-11(15)13(16)14(12)17/h5-6,18H,3-4,7-9H2,1-2H3. The molecule has 0 fully saturated rings. The van der Waals surface area contributed by atoms with Crippen LogP contribution in [0.5, 0.6) is 0 Å². The van der Waals surface area contributed by atoms with Crippen LogP contribution in [0.3, 0.4) is 0 Å². The molecule has 0 atom stereocenters. The number of amides is 1. The molecule has 1 aromatic rings. The number of anilines is 1. The van der Waals surface area contributed by atoms with E-state index in [2.05, 4.69) is 4.72 Å². The molecule has 0 aliphatic heterocycles. The molecule has 0 aromatic heterocycles. The van der Waals surface area contributed by atoms with E-state index in [1.807, 2.05) is 6.92 Å². The van der Waals surface area contributed by atoms with Gasteiger partial charge >= 0.3 is 0 Å². The largest absolute Gasteiger partial charge is 0.308 e. The lowest BCUT2D eigenvalue weighted by Crippen LogP contribution is -2.38. The fraction of sp³-hybridized carbons (Fsp3) is 0.500. The Kier molecular flexibility index (Phi) is 7.01. The summed E-state index contributed by atoms with van der Waals surface area (Å²) >= 11 is 0. The second-order valence-corrected chi connectivity index (χ2v) is 6.86. The highest BCUT2D eigenvalue weighted by molar-refractivity contribution is 7.89. The molecule has 0 spiro atoms. The number of hydrogen-bond donors (Lipinski definition) is 1. The smallest absolute Gasteiger partial charge is 0.223 e. The Labute approximate surface area is 133 Å². The molecule has 0 heterocycles. The summed E-state index contributed by atoms with van der Waals surface area (Å²) in [5, 5.41) is 0. The maximum Gasteiger partial charge on any atom is 0.223 e. The molecule has 0 saturated heterocycles. The summed E-state index contributed by atoms with van der Waals surface area (Å²) in [7, 11) is -3.49. The summed E-state index contributed by atoms with van der Waals surface area (Å²) in [4.78, 5) is 12.4. The maximum atomic E-state index is 13.8. The van der Waals surface area contributed by atoms with Crippen LogP contribution in [0.15, 0.2) is 12.1 Å². The molecule has 0 unspecified atom stereocenters. The fourth-order valence-corrected chi connectivity index (χ4v) is 3.11. The summed E-state index contributed by atoms with van der Waals surface area (Å²) in [6, 6.07) is 1.63. The first-order chi connectivity index (χ1) is 10.7. The van der Waals surface area contributed by atoms with Crippen molar-refractivity contribution in [1.82, 2.24) is 4.72 Å². The molecule has 9 heteroatoms. The molecule has 0 aliphatic carbocycles. The van der Waals surface area contributed by atoms with Crippen molar-refractivity contribution >= 4 is 21.6 Å². The average Bonchev–Trinajstić information content (AvgIpc) is 2.48. The van der Waals surface area contributed by atoms with Gasteiger partial charge in [-0.2, -0.15) is 0 Å². The van der Waals surface area contributed by atoms with Gasteiger partial charge in [-0.25, -0.2) is 26.3 Å². The molecular weight excluding hydrogens is 333 g/mol. The molecule has 1 N–H and O–H groups in total. The summed E-state index contributed by atoms with van der Waals surface area (Å²) in [5.74, 6) is -5.22. The van der Waals surface area contributed by atoms with E-state index in [4.69, 9.17) is 0 Å². The van der Waals surface area contributed by atoms with Gasteiger partial charge < -0.3 is 4.90 Å². The minimum atomic E-state index is -3.49. The van der Waals surface area contributed by atoms with E-state index in [1.54, 1.807) is 0 Å². The van der Waals surface area contributed by atoms with Crippen LogP contribution in [0.2, 0.25) is 0 Å². The average molecular weight is 352 g/mol. The third-order valence-corrected chi connectivity index (χ3v) is 4.58. The predicted molar refractivity (Wildman–Crippen MR) is 81.0 cm³/mol. The van der Waals surface area contributed by atoms with E-state index in [9.17, 15) is 26.4 Å². The number of halogens is 3. The lowest BCUT2D eigenvalue weighted by molar-refractivity contribution is -0.116. The SMILES string of the molecule is CCCCS(=O)(=O)NCCN(C(C)=O)c1ccc(F)c(F)c1F. The molecule has 0 saturated carbocycles. The molecule has 1 rings (SSSR count). The molecule has 0 bridgehead atoms. The summed E-state index contributed by atoms with van der Waals surface area (Å²) in [6.45, 7) is 2.60. The van der Waals surface area contributed by atoms with E-state index in [-0.39, 0.29) is 18.8 Å². The van der Waals surface area contributed by atoms with Gasteiger partial charge in [-0.15, -0.1) is 0 Å². The Morgan fingerprint density at radius 1 is 1.22 bits per heavy atom. The quantitative estimate of drug-likeness (QED) is 0.729. The number of nitrogens with zero attached hydrogens (tertiary/aromatic N) is 1. The van der Waals surface area contributed by atoms with Crippen molar-refractivity contribution in [3.05, 3.63) is 29.6 Å². The Balaban J connectivity index is 2.82. The van der Waals surface area contributed by atoms with Gasteiger partial charge in [0.1, 0.15) is 0 Å². The molecule has 130 valence electrons. The second kappa shape index (κ2) is 8.30. The minimum Gasteiger partial charge on any atom is -0.308 e. The molecule has 0 aliphatic rings. The van der Waals surface area contributed by atoms with Gasteiger partial charge in [0, 0.05) is 20.0 Å². The third-order valence-electron chi connectivity index (χ3n) is 3.11. The van der Waals surface area contributed by atoms with Gasteiger partial charge in [0.25, 0.3) is 0 Å². The number of carbonyl (C=O) groups excluding carboxylic acids is 1. The van der Waals surface area contributed by atoms with Gasteiger partial charge in [0.2, 0.25) is 15.9 Å². The minimum absolute atomic E-state index is 0.0525. The highest BCUT2D eigenvalue weighted by atomic mass is 32.2. The lowest BCUT2D eigenvalue weighted by atomic mass is 10.2. The van der Waals surface area contributed by atoms with Crippen LogP contribution in [-0.4, -0.2) is 33.2 Å². The fourth-order valence-electron chi connectivity index (χ4n) is 1.89. The normalized spacial score (nSPS) is 11.5. The molecule has 1 aromatic carbocycles. The zero-order valence-electron chi connectivity index (χ0n) is 12.9.